The fourth-order valence-corrected chi connectivity index (χ4v) is 4.45. The summed E-state index contributed by atoms with van der Waals surface area (Å²) in [7, 11) is 4.17. The van der Waals surface area contributed by atoms with Gasteiger partial charge >= 0.3 is 5.69 Å². The van der Waals surface area contributed by atoms with Crippen molar-refractivity contribution >= 4 is 16.9 Å². The second kappa shape index (κ2) is 9.67. The predicted molar refractivity (Wildman–Crippen MR) is 137 cm³/mol. The highest BCUT2D eigenvalue weighted by Gasteiger charge is 2.19. The molecule has 0 aliphatic rings. The summed E-state index contributed by atoms with van der Waals surface area (Å²) in [6.45, 7) is 9.25. The number of fused-ring (bicyclic) bond motifs is 1. The monoisotopic (exact) mass is 446 g/mol. The van der Waals surface area contributed by atoms with Crippen LogP contribution in [-0.4, -0.2) is 51.4 Å². The molecule has 0 aliphatic carbocycles. The Kier molecular flexibility index (Phi) is 6.70. The summed E-state index contributed by atoms with van der Waals surface area (Å²) in [5.41, 5.74) is 7.31. The van der Waals surface area contributed by atoms with Gasteiger partial charge < -0.3 is 10.2 Å². The van der Waals surface area contributed by atoms with Crippen LogP contribution in [0.15, 0.2) is 47.3 Å². The third kappa shape index (κ3) is 4.46. The van der Waals surface area contributed by atoms with Crippen molar-refractivity contribution in [1.82, 2.24) is 24.2 Å². The van der Waals surface area contributed by atoms with Gasteiger partial charge in [-0.3, -0.25) is 14.2 Å². The maximum absolute atomic E-state index is 12.9. The van der Waals surface area contributed by atoms with Gasteiger partial charge in [0.1, 0.15) is 0 Å². The number of aromatic amines is 1. The first kappa shape index (κ1) is 22.9. The van der Waals surface area contributed by atoms with Gasteiger partial charge in [0.15, 0.2) is 5.82 Å². The van der Waals surface area contributed by atoms with Crippen molar-refractivity contribution in [2.75, 3.05) is 32.5 Å². The molecule has 0 saturated carbocycles. The molecule has 2 N–H and O–H groups in total. The lowest BCUT2D eigenvalue weighted by atomic mass is 9.99. The normalized spacial score (nSPS) is 11.6. The molecule has 4 rings (SSSR count). The Bertz CT molecular complexity index is 1310. The molecular formula is C26H34N6O. The van der Waals surface area contributed by atoms with E-state index in [1.54, 1.807) is 0 Å². The predicted octanol–water partition coefficient (Wildman–Crippen LogP) is 4.57. The van der Waals surface area contributed by atoms with Crippen LogP contribution in [0.4, 0.5) is 5.82 Å². The number of nitrogens with one attached hydrogen (secondary N) is 2. The molecule has 0 spiro atoms. The molecule has 0 fully saturated rings. The molecule has 0 bridgehead atoms. The van der Waals surface area contributed by atoms with Crippen molar-refractivity contribution in [1.29, 1.82) is 0 Å². The molecule has 0 unspecified atom stereocenters. The smallest absolute Gasteiger partial charge is 0.329 e. The zero-order chi connectivity index (χ0) is 23.5. The summed E-state index contributed by atoms with van der Waals surface area (Å²) in [6.07, 6.45) is 1.02. The maximum Gasteiger partial charge on any atom is 0.329 e. The Balaban J connectivity index is 1.84. The van der Waals surface area contributed by atoms with E-state index in [0.29, 0.717) is 13.1 Å². The lowest BCUT2D eigenvalue weighted by molar-refractivity contribution is 0.405. The molecule has 2 aromatic carbocycles. The summed E-state index contributed by atoms with van der Waals surface area (Å²) in [4.78, 5) is 15.0. The number of benzene rings is 2. The molecular weight excluding hydrogens is 412 g/mol. The molecule has 2 aromatic heterocycles. The van der Waals surface area contributed by atoms with Gasteiger partial charge in [0.25, 0.3) is 0 Å². The third-order valence-corrected chi connectivity index (χ3v) is 6.09. The molecule has 174 valence electrons. The topological polar surface area (TPSA) is 70.9 Å². The number of anilines is 1. The van der Waals surface area contributed by atoms with Gasteiger partial charge in [0, 0.05) is 25.2 Å². The van der Waals surface area contributed by atoms with E-state index in [4.69, 9.17) is 0 Å². The minimum Gasteiger partial charge on any atom is -0.368 e. The van der Waals surface area contributed by atoms with Crippen molar-refractivity contribution in [3.8, 4) is 22.4 Å². The lowest BCUT2D eigenvalue weighted by Crippen LogP contribution is -2.22. The quantitative estimate of drug-likeness (QED) is 0.370. The Morgan fingerprint density at radius 2 is 1.76 bits per heavy atom. The first-order valence-corrected chi connectivity index (χ1v) is 11.7. The standard InChI is InChI=1S/C26H34N6O/c1-6-31-21-13-12-19(17-22(21)32(7-2)26(31)33)23-24(20-11-8-10-18(3)16-20)28-29-25(23)27-14-9-15-30(4)5/h8,10-13,16-17H,6-7,9,14-15H2,1-5H3,(H2,27,28,29). The van der Waals surface area contributed by atoms with Crippen LogP contribution >= 0.6 is 0 Å². The highest BCUT2D eigenvalue weighted by molar-refractivity contribution is 5.92. The molecule has 0 saturated heterocycles. The molecule has 0 aliphatic heterocycles. The Morgan fingerprint density at radius 1 is 1.00 bits per heavy atom. The molecule has 0 amide bonds. The lowest BCUT2D eigenvalue weighted by Gasteiger charge is -2.12. The van der Waals surface area contributed by atoms with Crippen LogP contribution in [0.25, 0.3) is 33.4 Å². The van der Waals surface area contributed by atoms with Crippen molar-refractivity contribution in [3.05, 3.63) is 58.5 Å². The summed E-state index contributed by atoms with van der Waals surface area (Å²) in [5, 5.41) is 11.5. The summed E-state index contributed by atoms with van der Waals surface area (Å²) < 4.78 is 3.68. The molecule has 2 heterocycles. The van der Waals surface area contributed by atoms with E-state index in [0.717, 1.165) is 58.7 Å². The number of hydrogen-bond acceptors (Lipinski definition) is 4. The number of imidazole rings is 1. The number of nitrogens with zero attached hydrogens (tertiary/aromatic N) is 4. The second-order valence-corrected chi connectivity index (χ2v) is 8.75. The van der Waals surface area contributed by atoms with E-state index in [9.17, 15) is 4.79 Å². The molecule has 0 radical (unpaired) electrons. The molecule has 7 heteroatoms. The highest BCUT2D eigenvalue weighted by atomic mass is 16.1. The van der Waals surface area contributed by atoms with E-state index in [1.807, 2.05) is 23.0 Å². The van der Waals surface area contributed by atoms with Gasteiger partial charge in [0.05, 0.1) is 22.3 Å². The van der Waals surface area contributed by atoms with Gasteiger partial charge in [-0.1, -0.05) is 29.8 Å². The van der Waals surface area contributed by atoms with Crippen LogP contribution in [-0.2, 0) is 13.1 Å². The maximum atomic E-state index is 12.9. The van der Waals surface area contributed by atoms with Crippen molar-refractivity contribution < 1.29 is 0 Å². The fourth-order valence-electron chi connectivity index (χ4n) is 4.45. The third-order valence-electron chi connectivity index (χ3n) is 6.09. The fraction of sp³-hybridized carbons (Fsp3) is 0.385. The zero-order valence-electron chi connectivity index (χ0n) is 20.3. The number of rotatable bonds is 9. The van der Waals surface area contributed by atoms with Gasteiger partial charge in [-0.2, -0.15) is 5.10 Å². The van der Waals surface area contributed by atoms with E-state index in [2.05, 4.69) is 83.9 Å². The minimum absolute atomic E-state index is 0.0419. The Labute approximate surface area is 195 Å². The molecule has 7 nitrogen and oxygen atoms in total. The minimum atomic E-state index is 0.0419. The number of H-pyrrole nitrogens is 1. The van der Waals surface area contributed by atoms with E-state index in [1.165, 1.54) is 5.56 Å². The summed E-state index contributed by atoms with van der Waals surface area (Å²) in [5.74, 6) is 0.838. The van der Waals surface area contributed by atoms with E-state index < -0.39 is 0 Å². The largest absolute Gasteiger partial charge is 0.368 e. The van der Waals surface area contributed by atoms with Crippen LogP contribution in [0.2, 0.25) is 0 Å². The first-order chi connectivity index (χ1) is 15.9. The second-order valence-electron chi connectivity index (χ2n) is 8.75. The molecule has 4 aromatic rings. The molecule has 33 heavy (non-hydrogen) atoms. The van der Waals surface area contributed by atoms with Crippen LogP contribution < -0.4 is 11.0 Å². The summed E-state index contributed by atoms with van der Waals surface area (Å²) >= 11 is 0. The average molecular weight is 447 g/mol. The van der Waals surface area contributed by atoms with Crippen molar-refractivity contribution in [2.24, 2.45) is 0 Å². The Hall–Kier alpha value is -3.32. The van der Waals surface area contributed by atoms with Crippen LogP contribution in [0.5, 0.6) is 0 Å². The first-order valence-electron chi connectivity index (χ1n) is 11.7. The number of aromatic nitrogens is 4. The number of aryl methyl sites for hydroxylation is 3. The van der Waals surface area contributed by atoms with Gasteiger partial charge in [0.2, 0.25) is 0 Å². The zero-order valence-corrected chi connectivity index (χ0v) is 20.3. The number of hydrogen-bond donors (Lipinski definition) is 2. The van der Waals surface area contributed by atoms with Crippen molar-refractivity contribution in [2.45, 2.75) is 40.3 Å². The van der Waals surface area contributed by atoms with E-state index in [-0.39, 0.29) is 5.69 Å². The highest BCUT2D eigenvalue weighted by Crippen LogP contribution is 2.37. The van der Waals surface area contributed by atoms with Crippen LogP contribution in [0.3, 0.4) is 0 Å². The van der Waals surface area contributed by atoms with Crippen molar-refractivity contribution in [3.63, 3.8) is 0 Å². The van der Waals surface area contributed by atoms with E-state index >= 15 is 0 Å². The Morgan fingerprint density at radius 3 is 2.45 bits per heavy atom. The molecule has 0 atom stereocenters. The SMILES string of the molecule is CCn1c(=O)n(CC)c2cc(-c3c(NCCCN(C)C)n[nH]c3-c3cccc(C)c3)ccc21. The van der Waals surface area contributed by atoms with Gasteiger partial charge in [-0.25, -0.2) is 4.79 Å². The average Bonchev–Trinajstić information content (AvgIpc) is 3.33. The van der Waals surface area contributed by atoms with Gasteiger partial charge in [-0.15, -0.1) is 0 Å². The van der Waals surface area contributed by atoms with Crippen LogP contribution in [0.1, 0.15) is 25.8 Å². The van der Waals surface area contributed by atoms with Crippen LogP contribution in [0, 0.1) is 6.92 Å². The summed E-state index contributed by atoms with van der Waals surface area (Å²) in [6, 6.07) is 14.7. The van der Waals surface area contributed by atoms with Gasteiger partial charge in [-0.05, 0) is 71.6 Å².